The van der Waals surface area contributed by atoms with Crippen LogP contribution < -0.4 is 0 Å². The summed E-state index contributed by atoms with van der Waals surface area (Å²) in [6, 6.07) is 3.95. The van der Waals surface area contributed by atoms with Crippen LogP contribution >= 0.6 is 11.3 Å². The third-order valence-corrected chi connectivity index (χ3v) is 6.31. The number of likely N-dealkylation sites (tertiary alicyclic amines) is 1. The fraction of sp³-hybridized carbons (Fsp3) is 0.364. The van der Waals surface area contributed by atoms with Crippen molar-refractivity contribution in [3.05, 3.63) is 63.6 Å². The van der Waals surface area contributed by atoms with Gasteiger partial charge in [0, 0.05) is 30.7 Å². The van der Waals surface area contributed by atoms with Crippen molar-refractivity contribution in [2.75, 3.05) is 6.54 Å². The van der Waals surface area contributed by atoms with Gasteiger partial charge in [-0.2, -0.15) is 0 Å². The topological polar surface area (TPSA) is 59.0 Å². The Hall–Kier alpha value is -2.60. The van der Waals surface area contributed by atoms with Crippen LogP contribution in [-0.4, -0.2) is 32.3 Å². The molecular formula is C22H24N4OS. The quantitative estimate of drug-likeness (QED) is 0.636. The van der Waals surface area contributed by atoms with Gasteiger partial charge in [-0.15, -0.1) is 11.3 Å². The predicted octanol–water partition coefficient (Wildman–Crippen LogP) is 4.89. The number of aryl methyl sites for hydroxylation is 3. The number of pyridine rings is 1. The molecule has 1 saturated heterocycles. The molecule has 1 aliphatic heterocycles. The average Bonchev–Trinajstić information content (AvgIpc) is 3.14. The number of rotatable bonds is 3. The van der Waals surface area contributed by atoms with E-state index in [0.29, 0.717) is 0 Å². The molecule has 0 aliphatic carbocycles. The van der Waals surface area contributed by atoms with Crippen LogP contribution in [0.5, 0.6) is 0 Å². The molecule has 0 saturated carbocycles. The number of thiophene rings is 1. The van der Waals surface area contributed by atoms with E-state index in [1.165, 1.54) is 11.3 Å². The van der Waals surface area contributed by atoms with Gasteiger partial charge < -0.3 is 4.90 Å². The number of carbonyl (C=O) groups is 1. The molecule has 3 aromatic heterocycles. The number of piperidine rings is 1. The number of hydrogen-bond donors (Lipinski definition) is 0. The first-order valence-electron chi connectivity index (χ1n) is 9.65. The van der Waals surface area contributed by atoms with E-state index in [4.69, 9.17) is 4.98 Å². The molecule has 28 heavy (non-hydrogen) atoms. The Morgan fingerprint density at radius 1 is 1.18 bits per heavy atom. The van der Waals surface area contributed by atoms with Gasteiger partial charge in [0.2, 0.25) is 0 Å². The van der Waals surface area contributed by atoms with Crippen LogP contribution in [0.15, 0.2) is 36.1 Å². The summed E-state index contributed by atoms with van der Waals surface area (Å²) in [4.78, 5) is 29.6. The van der Waals surface area contributed by atoms with Crippen LogP contribution in [0.2, 0.25) is 0 Å². The molecule has 3 aromatic rings. The number of aromatic nitrogens is 3. The van der Waals surface area contributed by atoms with E-state index in [0.717, 1.165) is 64.5 Å². The van der Waals surface area contributed by atoms with Crippen molar-refractivity contribution >= 4 is 17.2 Å². The predicted molar refractivity (Wildman–Crippen MR) is 111 cm³/mol. The number of hydrogen-bond acceptors (Lipinski definition) is 5. The van der Waals surface area contributed by atoms with Crippen LogP contribution in [-0.2, 0) is 0 Å². The Kier molecular flexibility index (Phi) is 5.22. The van der Waals surface area contributed by atoms with Gasteiger partial charge in [0.05, 0.1) is 16.6 Å². The van der Waals surface area contributed by atoms with Gasteiger partial charge in [0.1, 0.15) is 5.82 Å². The molecule has 0 spiro atoms. The van der Waals surface area contributed by atoms with E-state index in [9.17, 15) is 4.79 Å². The lowest BCUT2D eigenvalue weighted by molar-refractivity contribution is 0.0611. The number of nitrogens with zero attached hydrogens (tertiary/aromatic N) is 4. The van der Waals surface area contributed by atoms with E-state index in [1.54, 1.807) is 6.20 Å². The van der Waals surface area contributed by atoms with E-state index in [-0.39, 0.29) is 11.9 Å². The molecule has 4 heterocycles. The fourth-order valence-corrected chi connectivity index (χ4v) is 4.72. The summed E-state index contributed by atoms with van der Waals surface area (Å²) in [6.07, 6.45) is 8.59. The Morgan fingerprint density at radius 2 is 2.04 bits per heavy atom. The highest BCUT2D eigenvalue weighted by Gasteiger charge is 2.32. The second kappa shape index (κ2) is 7.80. The fourth-order valence-electron chi connectivity index (χ4n) is 3.87. The molecule has 144 valence electrons. The van der Waals surface area contributed by atoms with Gasteiger partial charge in [-0.25, -0.2) is 9.97 Å². The van der Waals surface area contributed by atoms with Crippen LogP contribution in [0, 0.1) is 20.8 Å². The SMILES string of the molecule is Cc1csc(C(=O)N2CCCC[C@@H]2c2nc(C)ncc2-c2ccncc2C)c1. The van der Waals surface area contributed by atoms with Crippen molar-refractivity contribution in [3.8, 4) is 11.1 Å². The van der Waals surface area contributed by atoms with Crippen molar-refractivity contribution in [1.82, 2.24) is 19.9 Å². The van der Waals surface area contributed by atoms with E-state index in [2.05, 4.69) is 9.97 Å². The highest BCUT2D eigenvalue weighted by Crippen LogP contribution is 2.37. The summed E-state index contributed by atoms with van der Waals surface area (Å²) in [5.74, 6) is 0.840. The Labute approximate surface area is 169 Å². The van der Waals surface area contributed by atoms with E-state index >= 15 is 0 Å². The molecule has 0 bridgehead atoms. The molecule has 0 aromatic carbocycles. The van der Waals surface area contributed by atoms with Crippen LogP contribution in [0.1, 0.15) is 57.6 Å². The van der Waals surface area contributed by atoms with Crippen molar-refractivity contribution in [2.45, 2.75) is 46.1 Å². The smallest absolute Gasteiger partial charge is 0.264 e. The molecule has 1 fully saturated rings. The van der Waals surface area contributed by atoms with Gasteiger partial charge >= 0.3 is 0 Å². The molecule has 0 unspecified atom stereocenters. The first-order chi connectivity index (χ1) is 13.5. The molecular weight excluding hydrogens is 368 g/mol. The van der Waals surface area contributed by atoms with Gasteiger partial charge in [-0.3, -0.25) is 9.78 Å². The average molecular weight is 393 g/mol. The van der Waals surface area contributed by atoms with Gasteiger partial charge in [-0.1, -0.05) is 0 Å². The zero-order valence-electron chi connectivity index (χ0n) is 16.5. The van der Waals surface area contributed by atoms with E-state index < -0.39 is 0 Å². The second-order valence-corrected chi connectivity index (χ2v) is 8.32. The zero-order valence-corrected chi connectivity index (χ0v) is 17.3. The van der Waals surface area contributed by atoms with Crippen molar-refractivity contribution < 1.29 is 4.79 Å². The lowest BCUT2D eigenvalue weighted by Crippen LogP contribution is -2.39. The summed E-state index contributed by atoms with van der Waals surface area (Å²) in [6.45, 7) is 6.74. The maximum absolute atomic E-state index is 13.3. The highest BCUT2D eigenvalue weighted by atomic mass is 32.1. The third-order valence-electron chi connectivity index (χ3n) is 5.27. The van der Waals surface area contributed by atoms with Crippen LogP contribution in [0.3, 0.4) is 0 Å². The van der Waals surface area contributed by atoms with Gasteiger partial charge in [0.25, 0.3) is 5.91 Å². The summed E-state index contributed by atoms with van der Waals surface area (Å²) >= 11 is 1.52. The zero-order chi connectivity index (χ0) is 19.7. The van der Waals surface area contributed by atoms with Crippen LogP contribution in [0.4, 0.5) is 0 Å². The van der Waals surface area contributed by atoms with Crippen molar-refractivity contribution in [2.24, 2.45) is 0 Å². The van der Waals surface area contributed by atoms with Crippen molar-refractivity contribution in [1.29, 1.82) is 0 Å². The summed E-state index contributed by atoms with van der Waals surface area (Å²) in [5.41, 5.74) is 5.24. The minimum atomic E-state index is -0.0343. The molecule has 4 rings (SSSR count). The van der Waals surface area contributed by atoms with Crippen LogP contribution in [0.25, 0.3) is 11.1 Å². The Morgan fingerprint density at radius 3 is 2.79 bits per heavy atom. The minimum absolute atomic E-state index is 0.0343. The Balaban J connectivity index is 1.79. The molecule has 1 atom stereocenters. The lowest BCUT2D eigenvalue weighted by Gasteiger charge is -2.36. The van der Waals surface area contributed by atoms with Gasteiger partial charge in [0.15, 0.2) is 0 Å². The first kappa shape index (κ1) is 18.7. The normalized spacial score (nSPS) is 17.0. The molecule has 5 nitrogen and oxygen atoms in total. The highest BCUT2D eigenvalue weighted by molar-refractivity contribution is 7.12. The number of amides is 1. The summed E-state index contributed by atoms with van der Waals surface area (Å²) < 4.78 is 0. The van der Waals surface area contributed by atoms with Crippen molar-refractivity contribution in [3.63, 3.8) is 0 Å². The number of carbonyl (C=O) groups excluding carboxylic acids is 1. The molecule has 0 N–H and O–H groups in total. The Bertz CT molecular complexity index is 1010. The van der Waals surface area contributed by atoms with Gasteiger partial charge in [-0.05, 0) is 74.2 Å². The third kappa shape index (κ3) is 3.56. The standard InChI is InChI=1S/C22H24N4OS/c1-14-10-20(28-13-14)22(27)26-9-5-4-6-19(26)21-18(12-24-16(3)25-21)17-7-8-23-11-15(17)2/h7-8,10-13,19H,4-6,9H2,1-3H3/t19-/m1/s1. The largest absolute Gasteiger partial charge is 0.329 e. The molecule has 6 heteroatoms. The second-order valence-electron chi connectivity index (χ2n) is 7.41. The molecule has 0 radical (unpaired) electrons. The molecule has 1 amide bonds. The first-order valence-corrected chi connectivity index (χ1v) is 10.5. The van der Waals surface area contributed by atoms with E-state index in [1.807, 2.05) is 55.6 Å². The monoisotopic (exact) mass is 392 g/mol. The molecule has 1 aliphatic rings. The summed E-state index contributed by atoms with van der Waals surface area (Å²) in [7, 11) is 0. The maximum atomic E-state index is 13.3. The minimum Gasteiger partial charge on any atom is -0.329 e. The lowest BCUT2D eigenvalue weighted by atomic mass is 9.92. The summed E-state index contributed by atoms with van der Waals surface area (Å²) in [5, 5.41) is 2.03. The maximum Gasteiger partial charge on any atom is 0.264 e.